The third-order valence-electron chi connectivity index (χ3n) is 1.32. The number of nitrogens with one attached hydrogen (secondary N) is 1. The summed E-state index contributed by atoms with van der Waals surface area (Å²) >= 11 is 3.11. The molecule has 88 valence electrons. The summed E-state index contributed by atoms with van der Waals surface area (Å²) in [6, 6.07) is 2.99. The van der Waals surface area contributed by atoms with E-state index in [-0.39, 0.29) is 5.82 Å². The standard InChI is InChI=1S/C8H6BrF3N2O2/c9-5-1-2-6(13-3-5)14-7(15)16-4-8(10,11)12/h1-3H,4H2,(H,13,14,15). The second-order valence-corrected chi connectivity index (χ2v) is 3.59. The Balaban J connectivity index is 2.43. The molecule has 1 heterocycles. The Morgan fingerprint density at radius 3 is 2.69 bits per heavy atom. The first kappa shape index (κ1) is 12.8. The van der Waals surface area contributed by atoms with Crippen molar-refractivity contribution in [3.8, 4) is 0 Å². The van der Waals surface area contributed by atoms with E-state index in [2.05, 4.69) is 25.7 Å². The van der Waals surface area contributed by atoms with Crippen molar-refractivity contribution in [3.05, 3.63) is 22.8 Å². The van der Waals surface area contributed by atoms with E-state index in [0.717, 1.165) is 0 Å². The lowest BCUT2D eigenvalue weighted by Crippen LogP contribution is -2.23. The highest BCUT2D eigenvalue weighted by molar-refractivity contribution is 9.10. The SMILES string of the molecule is O=C(Nc1ccc(Br)cn1)OCC(F)(F)F. The molecule has 1 rings (SSSR count). The van der Waals surface area contributed by atoms with Crippen molar-refractivity contribution < 1.29 is 22.7 Å². The first-order valence-electron chi connectivity index (χ1n) is 3.99. The minimum atomic E-state index is -4.54. The summed E-state index contributed by atoms with van der Waals surface area (Å²) in [5.41, 5.74) is 0. The van der Waals surface area contributed by atoms with Crippen LogP contribution >= 0.6 is 15.9 Å². The summed E-state index contributed by atoms with van der Waals surface area (Å²) in [6.07, 6.45) is -4.35. The van der Waals surface area contributed by atoms with E-state index in [4.69, 9.17) is 0 Å². The third-order valence-corrected chi connectivity index (χ3v) is 1.79. The van der Waals surface area contributed by atoms with E-state index < -0.39 is 18.9 Å². The van der Waals surface area contributed by atoms with Gasteiger partial charge in [0.05, 0.1) is 0 Å². The molecule has 8 heteroatoms. The molecule has 0 spiro atoms. The number of ether oxygens (including phenoxy) is 1. The van der Waals surface area contributed by atoms with E-state index in [9.17, 15) is 18.0 Å². The highest BCUT2D eigenvalue weighted by Gasteiger charge is 2.29. The fourth-order valence-electron chi connectivity index (χ4n) is 0.738. The predicted octanol–water partition coefficient (Wildman–Crippen LogP) is 2.95. The van der Waals surface area contributed by atoms with Crippen molar-refractivity contribution in [1.29, 1.82) is 0 Å². The maximum atomic E-state index is 11.7. The Morgan fingerprint density at radius 2 is 2.19 bits per heavy atom. The zero-order chi connectivity index (χ0) is 12.2. The van der Waals surface area contributed by atoms with Crippen LogP contribution in [0.5, 0.6) is 0 Å². The Labute approximate surface area is 96.9 Å². The molecule has 0 unspecified atom stereocenters. The minimum absolute atomic E-state index is 0.107. The van der Waals surface area contributed by atoms with Gasteiger partial charge in [0.2, 0.25) is 0 Å². The lowest BCUT2D eigenvalue weighted by atomic mass is 10.5. The van der Waals surface area contributed by atoms with Gasteiger partial charge < -0.3 is 4.74 Å². The first-order chi connectivity index (χ1) is 7.37. The average Bonchev–Trinajstić information content (AvgIpc) is 2.18. The number of hydrogen-bond acceptors (Lipinski definition) is 3. The van der Waals surface area contributed by atoms with E-state index in [1.54, 1.807) is 6.07 Å². The number of carbonyl (C=O) groups is 1. The summed E-state index contributed by atoms with van der Waals surface area (Å²) in [5.74, 6) is 0.107. The zero-order valence-electron chi connectivity index (χ0n) is 7.71. The average molecular weight is 299 g/mol. The highest BCUT2D eigenvalue weighted by atomic mass is 79.9. The molecule has 4 nitrogen and oxygen atoms in total. The van der Waals surface area contributed by atoms with Crippen LogP contribution in [0.4, 0.5) is 23.8 Å². The number of alkyl halides is 3. The van der Waals surface area contributed by atoms with Gasteiger partial charge in [0, 0.05) is 10.7 Å². The van der Waals surface area contributed by atoms with Gasteiger partial charge in [-0.25, -0.2) is 9.78 Å². The van der Waals surface area contributed by atoms with Gasteiger partial charge >= 0.3 is 12.3 Å². The monoisotopic (exact) mass is 298 g/mol. The molecule has 0 fully saturated rings. The molecule has 0 aliphatic rings. The molecule has 0 radical (unpaired) electrons. The number of nitrogens with zero attached hydrogens (tertiary/aromatic N) is 1. The molecule has 0 bridgehead atoms. The van der Waals surface area contributed by atoms with Crippen LogP contribution in [0.3, 0.4) is 0 Å². The number of rotatable bonds is 2. The molecule has 0 saturated heterocycles. The topological polar surface area (TPSA) is 51.2 Å². The van der Waals surface area contributed by atoms with E-state index >= 15 is 0 Å². The lowest BCUT2D eigenvalue weighted by Gasteiger charge is -2.08. The highest BCUT2D eigenvalue weighted by Crippen LogP contribution is 2.15. The number of anilines is 1. The molecule has 1 aromatic heterocycles. The fourth-order valence-corrected chi connectivity index (χ4v) is 0.972. The summed E-state index contributed by atoms with van der Waals surface area (Å²) < 4.78 is 39.6. The molecule has 1 amide bonds. The van der Waals surface area contributed by atoms with Crippen LogP contribution in [-0.4, -0.2) is 23.9 Å². The first-order valence-corrected chi connectivity index (χ1v) is 4.78. The second-order valence-electron chi connectivity index (χ2n) is 2.68. The van der Waals surface area contributed by atoms with Crippen LogP contribution < -0.4 is 5.32 Å². The molecular weight excluding hydrogens is 293 g/mol. The number of aromatic nitrogens is 1. The summed E-state index contributed by atoms with van der Waals surface area (Å²) in [6.45, 7) is -1.63. The zero-order valence-corrected chi connectivity index (χ0v) is 9.30. The van der Waals surface area contributed by atoms with Crippen LogP contribution in [0.1, 0.15) is 0 Å². The molecule has 0 atom stereocenters. The largest absolute Gasteiger partial charge is 0.440 e. The predicted molar refractivity (Wildman–Crippen MR) is 53.0 cm³/mol. The van der Waals surface area contributed by atoms with Crippen molar-refractivity contribution in [2.24, 2.45) is 0 Å². The van der Waals surface area contributed by atoms with Crippen molar-refractivity contribution >= 4 is 27.8 Å². The van der Waals surface area contributed by atoms with Gasteiger partial charge in [-0.3, -0.25) is 5.32 Å². The Bertz CT molecular complexity index is 367. The fraction of sp³-hybridized carbons (Fsp3) is 0.250. The molecular formula is C8H6BrF3N2O2. The number of halogens is 4. The Morgan fingerprint density at radius 1 is 1.50 bits per heavy atom. The van der Waals surface area contributed by atoms with Gasteiger partial charge in [-0.1, -0.05) is 0 Å². The smallest absolute Gasteiger partial charge is 0.422 e. The van der Waals surface area contributed by atoms with E-state index in [0.29, 0.717) is 4.47 Å². The van der Waals surface area contributed by atoms with Crippen LogP contribution in [0.15, 0.2) is 22.8 Å². The number of carbonyl (C=O) groups excluding carboxylic acids is 1. The van der Waals surface area contributed by atoms with Crippen LogP contribution in [0.25, 0.3) is 0 Å². The normalized spacial score (nSPS) is 11.0. The van der Waals surface area contributed by atoms with Gasteiger partial charge in [0.1, 0.15) is 5.82 Å². The third kappa shape index (κ3) is 4.96. The van der Waals surface area contributed by atoms with Crippen molar-refractivity contribution in [2.45, 2.75) is 6.18 Å². The molecule has 16 heavy (non-hydrogen) atoms. The maximum Gasteiger partial charge on any atom is 0.422 e. The number of hydrogen-bond donors (Lipinski definition) is 1. The molecule has 0 aromatic carbocycles. The van der Waals surface area contributed by atoms with Crippen molar-refractivity contribution in [2.75, 3.05) is 11.9 Å². The minimum Gasteiger partial charge on any atom is -0.440 e. The van der Waals surface area contributed by atoms with Crippen LogP contribution in [0, 0.1) is 0 Å². The second kappa shape index (κ2) is 5.15. The maximum absolute atomic E-state index is 11.7. The van der Waals surface area contributed by atoms with E-state index in [1.165, 1.54) is 12.3 Å². The number of pyridine rings is 1. The van der Waals surface area contributed by atoms with E-state index in [1.807, 2.05) is 5.32 Å². The van der Waals surface area contributed by atoms with Crippen molar-refractivity contribution in [1.82, 2.24) is 4.98 Å². The Kier molecular flexibility index (Phi) is 4.11. The van der Waals surface area contributed by atoms with Gasteiger partial charge in [-0.2, -0.15) is 13.2 Å². The van der Waals surface area contributed by atoms with Gasteiger partial charge in [0.15, 0.2) is 6.61 Å². The van der Waals surface area contributed by atoms with Crippen LogP contribution in [0.2, 0.25) is 0 Å². The van der Waals surface area contributed by atoms with Crippen LogP contribution in [-0.2, 0) is 4.74 Å². The molecule has 0 saturated carbocycles. The Hall–Kier alpha value is -1.31. The lowest BCUT2D eigenvalue weighted by molar-refractivity contribution is -0.159. The van der Waals surface area contributed by atoms with Gasteiger partial charge in [-0.15, -0.1) is 0 Å². The molecule has 0 aliphatic heterocycles. The molecule has 1 N–H and O–H groups in total. The van der Waals surface area contributed by atoms with Gasteiger partial charge in [0.25, 0.3) is 0 Å². The molecule has 0 aliphatic carbocycles. The quantitative estimate of drug-likeness (QED) is 0.913. The summed E-state index contributed by atoms with van der Waals surface area (Å²) in [7, 11) is 0. The summed E-state index contributed by atoms with van der Waals surface area (Å²) in [4.78, 5) is 14.6. The summed E-state index contributed by atoms with van der Waals surface area (Å²) in [5, 5.41) is 2.05. The van der Waals surface area contributed by atoms with Gasteiger partial charge in [-0.05, 0) is 28.1 Å². The van der Waals surface area contributed by atoms with Crippen molar-refractivity contribution in [3.63, 3.8) is 0 Å². The number of amides is 1. The molecule has 1 aromatic rings.